The maximum atomic E-state index is 17.5. The highest BCUT2D eigenvalue weighted by Gasteiger charge is 2.76. The molecule has 45 heavy (non-hydrogen) atoms. The molecule has 0 aliphatic heterocycles. The number of ether oxygens (including phenoxy) is 2. The number of halogens is 1. The second-order valence-electron chi connectivity index (χ2n) is 12.8. The number of carbonyl (C=O) groups excluding carboxylic acids is 3. The number of rotatable bonds is 6. The first-order valence-corrected chi connectivity index (χ1v) is 15.9. The van der Waals surface area contributed by atoms with Gasteiger partial charge in [-0.05, 0) is 93.5 Å². The topological polar surface area (TPSA) is 134 Å². The average Bonchev–Trinajstić information content (AvgIpc) is 3.30. The number of para-hydroxylation sites is 1. The Hall–Kier alpha value is -3.94. The summed E-state index contributed by atoms with van der Waals surface area (Å²) >= 11 is 1.32. The van der Waals surface area contributed by atoms with Crippen molar-refractivity contribution in [2.75, 3.05) is 6.61 Å². The van der Waals surface area contributed by atoms with Crippen molar-refractivity contribution in [3.8, 4) is 11.8 Å². The van der Waals surface area contributed by atoms with E-state index in [0.29, 0.717) is 29.7 Å². The molecular weight excluding hydrogens is 597 g/mol. The van der Waals surface area contributed by atoms with Crippen molar-refractivity contribution in [3.05, 3.63) is 77.9 Å². The number of aliphatic hydroxyl groups is 1. The summed E-state index contributed by atoms with van der Waals surface area (Å²) in [5.74, 6) is -2.91. The Balaban J connectivity index is 1.32. The molecule has 6 rings (SSSR count). The van der Waals surface area contributed by atoms with Crippen LogP contribution < -0.4 is 0 Å². The molecule has 0 amide bonds. The standard InChI is InChI=1S/C35H34FNO7S/c1-32-15-13-23(38)19-22(32)9-12-26-25-14-16-34(31(42)43-18-17-37,33(25,2)20-29(40)35(26,32)36)44-30(41)21-7-10-24(11-8-21)45-28-6-4-3-5-27(28)39/h3-8,10-11,13,15,19,25-26,29,39-40H,9,12,14,16,18,20H2,1-2H3/t25-,26-,29-,32-,33-,34?,35?/m0/s1. The zero-order valence-electron chi connectivity index (χ0n) is 25.0. The van der Waals surface area contributed by atoms with Gasteiger partial charge in [-0.2, -0.15) is 5.26 Å². The molecule has 8 nitrogen and oxygen atoms in total. The predicted octanol–water partition coefficient (Wildman–Crippen LogP) is 5.88. The van der Waals surface area contributed by atoms with E-state index in [4.69, 9.17) is 14.7 Å². The number of alkyl halides is 1. The number of esters is 2. The van der Waals surface area contributed by atoms with Crippen LogP contribution in [0.3, 0.4) is 0 Å². The molecule has 0 bridgehead atoms. The number of phenolic OH excluding ortho intramolecular Hbond substituents is 1. The first-order chi connectivity index (χ1) is 21.4. The van der Waals surface area contributed by atoms with E-state index >= 15 is 4.39 Å². The van der Waals surface area contributed by atoms with E-state index in [-0.39, 0.29) is 29.9 Å². The Morgan fingerprint density at radius 1 is 1.11 bits per heavy atom. The van der Waals surface area contributed by atoms with Gasteiger partial charge in [0.05, 0.1) is 16.6 Å². The van der Waals surface area contributed by atoms with E-state index in [9.17, 15) is 24.6 Å². The van der Waals surface area contributed by atoms with Crippen molar-refractivity contribution in [1.82, 2.24) is 0 Å². The number of ketones is 1. The van der Waals surface area contributed by atoms with Crippen LogP contribution in [0.15, 0.2) is 82.1 Å². The van der Waals surface area contributed by atoms with Gasteiger partial charge < -0.3 is 19.7 Å². The molecule has 0 saturated heterocycles. The number of nitrogens with zero attached hydrogens (tertiary/aromatic N) is 1. The number of nitriles is 1. The highest BCUT2D eigenvalue weighted by Crippen LogP contribution is 2.70. The summed E-state index contributed by atoms with van der Waals surface area (Å²) in [6.07, 6.45) is 3.82. The molecule has 0 radical (unpaired) electrons. The van der Waals surface area contributed by atoms with Crippen molar-refractivity contribution < 1.29 is 38.5 Å². The molecule has 2 N–H and O–H groups in total. The van der Waals surface area contributed by atoms with Crippen LogP contribution in [0, 0.1) is 34.0 Å². The van der Waals surface area contributed by atoms with E-state index in [2.05, 4.69) is 0 Å². The Morgan fingerprint density at radius 3 is 2.56 bits per heavy atom. The number of carbonyl (C=O) groups is 3. The van der Waals surface area contributed by atoms with Gasteiger partial charge in [0.1, 0.15) is 11.8 Å². The van der Waals surface area contributed by atoms with Gasteiger partial charge in [-0.25, -0.2) is 14.0 Å². The minimum atomic E-state index is -2.12. The number of hydrogen-bond donors (Lipinski definition) is 2. The lowest BCUT2D eigenvalue weighted by Crippen LogP contribution is -2.69. The van der Waals surface area contributed by atoms with Crippen LogP contribution in [0.25, 0.3) is 0 Å². The predicted molar refractivity (Wildman–Crippen MR) is 162 cm³/mol. The maximum absolute atomic E-state index is 17.5. The van der Waals surface area contributed by atoms with Gasteiger partial charge >= 0.3 is 11.9 Å². The highest BCUT2D eigenvalue weighted by molar-refractivity contribution is 7.99. The van der Waals surface area contributed by atoms with Crippen molar-refractivity contribution in [2.24, 2.45) is 22.7 Å². The molecule has 0 spiro atoms. The quantitative estimate of drug-likeness (QED) is 0.375. The van der Waals surface area contributed by atoms with Crippen molar-refractivity contribution in [3.63, 3.8) is 0 Å². The number of benzene rings is 2. The Kier molecular flexibility index (Phi) is 7.69. The van der Waals surface area contributed by atoms with Crippen LogP contribution >= 0.6 is 11.8 Å². The van der Waals surface area contributed by atoms with E-state index in [1.165, 1.54) is 23.9 Å². The van der Waals surface area contributed by atoms with Gasteiger partial charge in [0.15, 0.2) is 18.1 Å². The van der Waals surface area contributed by atoms with Crippen LogP contribution in [0.5, 0.6) is 5.75 Å². The zero-order chi connectivity index (χ0) is 32.2. The molecule has 2 aromatic rings. The largest absolute Gasteiger partial charge is 0.507 e. The lowest BCUT2D eigenvalue weighted by molar-refractivity contribution is -0.224. The molecule has 4 aliphatic rings. The van der Waals surface area contributed by atoms with Crippen molar-refractivity contribution >= 4 is 29.5 Å². The molecule has 4 aliphatic carbocycles. The Morgan fingerprint density at radius 2 is 1.84 bits per heavy atom. The highest BCUT2D eigenvalue weighted by atomic mass is 32.2. The minimum absolute atomic E-state index is 0.0401. The zero-order valence-corrected chi connectivity index (χ0v) is 25.8. The number of aliphatic hydroxyl groups excluding tert-OH is 1. The van der Waals surface area contributed by atoms with Gasteiger partial charge in [0, 0.05) is 21.6 Å². The monoisotopic (exact) mass is 631 g/mol. The van der Waals surface area contributed by atoms with E-state index < -0.39 is 58.6 Å². The number of allylic oxidation sites excluding steroid dienone is 4. The van der Waals surface area contributed by atoms with Gasteiger partial charge in [0.2, 0.25) is 5.60 Å². The number of fused-ring (bicyclic) bond motifs is 5. The van der Waals surface area contributed by atoms with E-state index in [1.807, 2.05) is 0 Å². The third-order valence-corrected chi connectivity index (χ3v) is 11.9. The molecule has 234 valence electrons. The Labute approximate surface area is 264 Å². The first-order valence-electron chi connectivity index (χ1n) is 15.0. The summed E-state index contributed by atoms with van der Waals surface area (Å²) in [6.45, 7) is 2.90. The molecule has 0 heterocycles. The van der Waals surface area contributed by atoms with Crippen LogP contribution in [0.2, 0.25) is 0 Å². The van der Waals surface area contributed by atoms with Gasteiger partial charge in [0.25, 0.3) is 0 Å². The van der Waals surface area contributed by atoms with Crippen LogP contribution in [0.4, 0.5) is 4.39 Å². The van der Waals surface area contributed by atoms with Crippen molar-refractivity contribution in [1.29, 1.82) is 5.26 Å². The lowest BCUT2D eigenvalue weighted by atomic mass is 9.45. The second kappa shape index (κ2) is 11.1. The molecular formula is C35H34FNO7S. The van der Waals surface area contributed by atoms with Gasteiger partial charge in [-0.1, -0.05) is 42.5 Å². The normalized spacial score (nSPS) is 34.9. The fourth-order valence-corrected chi connectivity index (χ4v) is 9.35. The Bertz CT molecular complexity index is 1670. The summed E-state index contributed by atoms with van der Waals surface area (Å²) in [4.78, 5) is 41.0. The lowest BCUT2D eigenvalue weighted by Gasteiger charge is -2.62. The molecule has 3 saturated carbocycles. The summed E-state index contributed by atoms with van der Waals surface area (Å²) in [5, 5.41) is 30.9. The van der Waals surface area contributed by atoms with E-state index in [0.717, 1.165) is 4.90 Å². The minimum Gasteiger partial charge on any atom is -0.507 e. The molecule has 7 atom stereocenters. The summed E-state index contributed by atoms with van der Waals surface area (Å²) < 4.78 is 29.0. The van der Waals surface area contributed by atoms with E-state index in [1.54, 1.807) is 74.5 Å². The van der Waals surface area contributed by atoms with Crippen molar-refractivity contribution in [2.45, 2.75) is 73.1 Å². The number of phenols is 1. The van der Waals surface area contributed by atoms with Gasteiger partial charge in [-0.3, -0.25) is 4.79 Å². The summed E-state index contributed by atoms with van der Waals surface area (Å²) in [7, 11) is 0. The first kappa shape index (κ1) is 31.1. The molecule has 3 fully saturated rings. The second-order valence-corrected chi connectivity index (χ2v) is 14.0. The fraction of sp³-hybridized carbons (Fsp3) is 0.429. The van der Waals surface area contributed by atoms with Crippen LogP contribution in [-0.2, 0) is 19.1 Å². The number of hydrogen-bond acceptors (Lipinski definition) is 9. The van der Waals surface area contributed by atoms with Gasteiger partial charge in [-0.15, -0.1) is 0 Å². The number of aromatic hydroxyl groups is 1. The molecule has 0 aromatic heterocycles. The third kappa shape index (κ3) is 4.62. The molecule has 2 aromatic carbocycles. The smallest absolute Gasteiger partial charge is 0.352 e. The maximum Gasteiger partial charge on any atom is 0.352 e. The molecule has 10 heteroatoms. The third-order valence-electron chi connectivity index (χ3n) is 10.8. The fourth-order valence-electron chi connectivity index (χ4n) is 8.50. The summed E-state index contributed by atoms with van der Waals surface area (Å²) in [5.41, 5.74) is -5.58. The molecule has 2 unspecified atom stereocenters. The van der Waals surface area contributed by atoms with Crippen LogP contribution in [0.1, 0.15) is 56.3 Å². The summed E-state index contributed by atoms with van der Waals surface area (Å²) in [6, 6.07) is 15.2. The van der Waals surface area contributed by atoms with Crippen LogP contribution in [-0.4, -0.2) is 51.9 Å². The average molecular weight is 632 g/mol. The SMILES string of the molecule is C[C@]12C=CC(=O)C=C1CC[C@H]1[C@@H]3CCC(OC(=O)c4ccc(Sc5ccccc5O)cc4)(C(=O)OCC#N)[C@@]3(C)C[C@H](O)C12F.